The summed E-state index contributed by atoms with van der Waals surface area (Å²) in [6, 6.07) is 0.483. The highest BCUT2D eigenvalue weighted by Crippen LogP contribution is 2.20. The van der Waals surface area contributed by atoms with E-state index in [0.29, 0.717) is 12.0 Å². The lowest BCUT2D eigenvalue weighted by molar-refractivity contribution is 0.559. The van der Waals surface area contributed by atoms with Gasteiger partial charge in [-0.3, -0.25) is 4.68 Å². The molecule has 3 heteroatoms. The standard InChI is InChI=1S/C11H21N3/c1-7(2)8(3)12-11-9(4)13-14(6)10(11)5/h7-8,12H,1-6H3. The molecule has 14 heavy (non-hydrogen) atoms. The normalized spacial score (nSPS) is 13.4. The second-order valence-corrected chi connectivity index (χ2v) is 4.35. The average Bonchev–Trinajstić information content (AvgIpc) is 2.32. The number of anilines is 1. The smallest absolute Gasteiger partial charge is 0.0827 e. The minimum atomic E-state index is 0.483. The average molecular weight is 195 g/mol. The molecule has 0 saturated carbocycles. The molecular weight excluding hydrogens is 174 g/mol. The largest absolute Gasteiger partial charge is 0.379 e. The molecule has 3 nitrogen and oxygen atoms in total. The SMILES string of the molecule is Cc1nn(C)c(C)c1NC(C)C(C)C. The molecule has 0 aliphatic heterocycles. The second-order valence-electron chi connectivity index (χ2n) is 4.35. The Morgan fingerprint density at radius 1 is 1.21 bits per heavy atom. The molecule has 1 unspecified atom stereocenters. The van der Waals surface area contributed by atoms with Crippen LogP contribution in [0.15, 0.2) is 0 Å². The molecule has 0 fully saturated rings. The quantitative estimate of drug-likeness (QED) is 0.803. The van der Waals surface area contributed by atoms with Crippen molar-refractivity contribution in [2.75, 3.05) is 5.32 Å². The van der Waals surface area contributed by atoms with Crippen molar-refractivity contribution in [2.24, 2.45) is 13.0 Å². The summed E-state index contributed by atoms with van der Waals surface area (Å²) in [5.41, 5.74) is 3.47. The first-order valence-electron chi connectivity index (χ1n) is 5.20. The van der Waals surface area contributed by atoms with Crippen LogP contribution in [-0.2, 0) is 7.05 Å². The maximum Gasteiger partial charge on any atom is 0.0827 e. The Balaban J connectivity index is 2.86. The van der Waals surface area contributed by atoms with Crippen LogP contribution in [0.1, 0.15) is 32.2 Å². The van der Waals surface area contributed by atoms with E-state index in [1.54, 1.807) is 0 Å². The third-order valence-corrected chi connectivity index (χ3v) is 2.88. The van der Waals surface area contributed by atoms with Crippen molar-refractivity contribution in [2.45, 2.75) is 40.7 Å². The molecule has 1 aromatic heterocycles. The molecule has 0 saturated heterocycles. The van der Waals surface area contributed by atoms with Crippen LogP contribution in [-0.4, -0.2) is 15.8 Å². The summed E-state index contributed by atoms with van der Waals surface area (Å²) in [7, 11) is 1.98. The van der Waals surface area contributed by atoms with Crippen LogP contribution in [0.3, 0.4) is 0 Å². The summed E-state index contributed by atoms with van der Waals surface area (Å²) in [5, 5.41) is 7.89. The van der Waals surface area contributed by atoms with Crippen LogP contribution in [0.25, 0.3) is 0 Å². The minimum absolute atomic E-state index is 0.483. The first-order valence-corrected chi connectivity index (χ1v) is 5.20. The van der Waals surface area contributed by atoms with Gasteiger partial charge in [-0.05, 0) is 26.7 Å². The number of aryl methyl sites for hydroxylation is 2. The van der Waals surface area contributed by atoms with E-state index in [2.05, 4.69) is 38.1 Å². The number of rotatable bonds is 3. The van der Waals surface area contributed by atoms with Crippen LogP contribution in [0, 0.1) is 19.8 Å². The first-order chi connectivity index (χ1) is 6.43. The summed E-state index contributed by atoms with van der Waals surface area (Å²) >= 11 is 0. The Labute approximate surface area is 86.5 Å². The fourth-order valence-corrected chi connectivity index (χ4v) is 1.38. The third-order valence-electron chi connectivity index (χ3n) is 2.88. The predicted molar refractivity (Wildman–Crippen MR) is 60.6 cm³/mol. The van der Waals surface area contributed by atoms with Crippen molar-refractivity contribution in [3.63, 3.8) is 0 Å². The number of hydrogen-bond acceptors (Lipinski definition) is 2. The topological polar surface area (TPSA) is 29.9 Å². The van der Waals surface area contributed by atoms with Crippen molar-refractivity contribution in [3.05, 3.63) is 11.4 Å². The van der Waals surface area contributed by atoms with E-state index in [1.165, 1.54) is 11.4 Å². The highest BCUT2D eigenvalue weighted by molar-refractivity contribution is 5.52. The van der Waals surface area contributed by atoms with Crippen LogP contribution >= 0.6 is 0 Å². The van der Waals surface area contributed by atoms with Crippen LogP contribution < -0.4 is 5.32 Å². The molecule has 0 aliphatic rings. The monoisotopic (exact) mass is 195 g/mol. The van der Waals surface area contributed by atoms with Gasteiger partial charge in [0.1, 0.15) is 0 Å². The van der Waals surface area contributed by atoms with E-state index in [-0.39, 0.29) is 0 Å². The van der Waals surface area contributed by atoms with Gasteiger partial charge in [-0.2, -0.15) is 5.10 Å². The first kappa shape index (κ1) is 11.1. The van der Waals surface area contributed by atoms with Gasteiger partial charge in [0.15, 0.2) is 0 Å². The van der Waals surface area contributed by atoms with Crippen molar-refractivity contribution in [1.82, 2.24) is 9.78 Å². The van der Waals surface area contributed by atoms with Gasteiger partial charge >= 0.3 is 0 Å². The van der Waals surface area contributed by atoms with Crippen molar-refractivity contribution in [3.8, 4) is 0 Å². The zero-order chi connectivity index (χ0) is 10.9. The van der Waals surface area contributed by atoms with Gasteiger partial charge in [-0.1, -0.05) is 13.8 Å². The third kappa shape index (κ3) is 2.08. The van der Waals surface area contributed by atoms with Gasteiger partial charge in [0, 0.05) is 13.1 Å². The summed E-state index contributed by atoms with van der Waals surface area (Å²) in [6.07, 6.45) is 0. The van der Waals surface area contributed by atoms with E-state index < -0.39 is 0 Å². The molecule has 0 radical (unpaired) electrons. The Morgan fingerprint density at radius 2 is 1.79 bits per heavy atom. The van der Waals surface area contributed by atoms with Gasteiger partial charge in [-0.25, -0.2) is 0 Å². The molecule has 1 rings (SSSR count). The summed E-state index contributed by atoms with van der Waals surface area (Å²) in [6.45, 7) is 10.8. The molecular formula is C11H21N3. The van der Waals surface area contributed by atoms with Gasteiger partial charge < -0.3 is 5.32 Å². The zero-order valence-electron chi connectivity index (χ0n) is 10.0. The molecule has 0 amide bonds. The lowest BCUT2D eigenvalue weighted by Gasteiger charge is -2.18. The van der Waals surface area contributed by atoms with Crippen LogP contribution in [0.4, 0.5) is 5.69 Å². The molecule has 1 N–H and O–H groups in total. The molecule has 1 heterocycles. The van der Waals surface area contributed by atoms with Gasteiger partial charge in [0.2, 0.25) is 0 Å². The fraction of sp³-hybridized carbons (Fsp3) is 0.727. The molecule has 0 aromatic carbocycles. The number of aromatic nitrogens is 2. The van der Waals surface area contributed by atoms with E-state index in [0.717, 1.165) is 5.69 Å². The molecule has 0 aliphatic carbocycles. The number of nitrogens with zero attached hydrogens (tertiary/aromatic N) is 2. The highest BCUT2D eigenvalue weighted by Gasteiger charge is 2.13. The molecule has 1 atom stereocenters. The van der Waals surface area contributed by atoms with Crippen molar-refractivity contribution >= 4 is 5.69 Å². The van der Waals surface area contributed by atoms with Gasteiger partial charge in [-0.15, -0.1) is 0 Å². The summed E-state index contributed by atoms with van der Waals surface area (Å²) < 4.78 is 1.92. The minimum Gasteiger partial charge on any atom is -0.379 e. The lowest BCUT2D eigenvalue weighted by atomic mass is 10.1. The maximum atomic E-state index is 4.38. The molecule has 1 aromatic rings. The number of hydrogen-bond donors (Lipinski definition) is 1. The van der Waals surface area contributed by atoms with E-state index in [1.807, 2.05) is 18.7 Å². The zero-order valence-corrected chi connectivity index (χ0v) is 10.0. The Kier molecular flexibility index (Phi) is 3.19. The lowest BCUT2D eigenvalue weighted by Crippen LogP contribution is -2.22. The predicted octanol–water partition coefficient (Wildman–Crippen LogP) is 2.49. The second kappa shape index (κ2) is 4.03. The molecule has 0 spiro atoms. The summed E-state index contributed by atoms with van der Waals surface area (Å²) in [5.74, 6) is 0.633. The van der Waals surface area contributed by atoms with Crippen LogP contribution in [0.5, 0.6) is 0 Å². The number of nitrogens with one attached hydrogen (secondary N) is 1. The van der Waals surface area contributed by atoms with E-state index >= 15 is 0 Å². The van der Waals surface area contributed by atoms with Crippen LogP contribution in [0.2, 0.25) is 0 Å². The van der Waals surface area contributed by atoms with Gasteiger partial charge in [0.25, 0.3) is 0 Å². The summed E-state index contributed by atoms with van der Waals surface area (Å²) in [4.78, 5) is 0. The fourth-order valence-electron chi connectivity index (χ4n) is 1.38. The maximum absolute atomic E-state index is 4.38. The Morgan fingerprint density at radius 3 is 2.14 bits per heavy atom. The molecule has 80 valence electrons. The van der Waals surface area contributed by atoms with Gasteiger partial charge in [0.05, 0.1) is 17.1 Å². The Bertz CT molecular complexity index is 313. The highest BCUT2D eigenvalue weighted by atomic mass is 15.3. The van der Waals surface area contributed by atoms with Crippen molar-refractivity contribution in [1.29, 1.82) is 0 Å². The Hall–Kier alpha value is -0.990. The molecule has 0 bridgehead atoms. The van der Waals surface area contributed by atoms with E-state index in [9.17, 15) is 0 Å². The van der Waals surface area contributed by atoms with Crippen molar-refractivity contribution < 1.29 is 0 Å². The van der Waals surface area contributed by atoms with E-state index in [4.69, 9.17) is 0 Å².